The first-order chi connectivity index (χ1) is 12.0. The Morgan fingerprint density at radius 2 is 2.16 bits per heavy atom. The standard InChI is InChI=1S/C20H28O5/c1-3-4-5-9-17-18(22)12-14-20(17,25-15(2)21)13-7-6-8-16-10-11-19(23)24-16/h4-5,12,14,16-17H,3,6-11,13H2,1-2H3/b5-4-. The number of ether oxygens (including phenoxy) is 2. The summed E-state index contributed by atoms with van der Waals surface area (Å²) in [6.07, 6.45) is 13.2. The van der Waals surface area contributed by atoms with Crippen molar-refractivity contribution >= 4 is 17.7 Å². The Bertz CT molecular complexity index is 562. The Morgan fingerprint density at radius 1 is 1.36 bits per heavy atom. The minimum absolute atomic E-state index is 0.0150. The van der Waals surface area contributed by atoms with Crippen LogP contribution in [0.5, 0.6) is 0 Å². The fourth-order valence-corrected chi connectivity index (χ4v) is 3.65. The fourth-order valence-electron chi connectivity index (χ4n) is 3.65. The minimum atomic E-state index is -0.840. The highest BCUT2D eigenvalue weighted by atomic mass is 16.6. The fraction of sp³-hybridized carbons (Fsp3) is 0.650. The molecular weight excluding hydrogens is 320 g/mol. The van der Waals surface area contributed by atoms with Crippen molar-refractivity contribution in [1.29, 1.82) is 0 Å². The van der Waals surface area contributed by atoms with Gasteiger partial charge in [-0.1, -0.05) is 19.1 Å². The van der Waals surface area contributed by atoms with Gasteiger partial charge < -0.3 is 9.47 Å². The zero-order chi connectivity index (χ0) is 18.3. The second-order valence-corrected chi connectivity index (χ2v) is 6.85. The molecule has 1 aliphatic carbocycles. The van der Waals surface area contributed by atoms with Crippen LogP contribution in [0.1, 0.15) is 65.2 Å². The van der Waals surface area contributed by atoms with E-state index in [1.165, 1.54) is 6.92 Å². The highest BCUT2D eigenvalue weighted by molar-refractivity contribution is 5.96. The number of hydrogen-bond acceptors (Lipinski definition) is 5. The van der Waals surface area contributed by atoms with Gasteiger partial charge in [-0.25, -0.2) is 0 Å². The largest absolute Gasteiger partial charge is 0.462 e. The number of unbranched alkanes of at least 4 members (excludes halogenated alkanes) is 1. The normalized spacial score (nSPS) is 28.7. The van der Waals surface area contributed by atoms with Crippen LogP contribution in [-0.4, -0.2) is 29.4 Å². The van der Waals surface area contributed by atoms with Crippen molar-refractivity contribution in [2.24, 2.45) is 5.92 Å². The molecule has 0 aromatic carbocycles. The predicted molar refractivity (Wildman–Crippen MR) is 93.8 cm³/mol. The molecule has 138 valence electrons. The topological polar surface area (TPSA) is 69.7 Å². The Morgan fingerprint density at radius 3 is 2.80 bits per heavy atom. The number of ketones is 1. The van der Waals surface area contributed by atoms with Gasteiger partial charge in [-0.15, -0.1) is 0 Å². The van der Waals surface area contributed by atoms with Crippen LogP contribution in [0.25, 0.3) is 0 Å². The molecule has 0 aromatic rings. The zero-order valence-corrected chi connectivity index (χ0v) is 15.2. The van der Waals surface area contributed by atoms with E-state index >= 15 is 0 Å². The number of carbonyl (C=O) groups is 3. The van der Waals surface area contributed by atoms with Crippen LogP contribution in [-0.2, 0) is 23.9 Å². The summed E-state index contributed by atoms with van der Waals surface area (Å²) in [5.74, 6) is -0.808. The molecule has 2 rings (SSSR count). The smallest absolute Gasteiger partial charge is 0.306 e. The van der Waals surface area contributed by atoms with E-state index in [4.69, 9.17) is 9.47 Å². The van der Waals surface area contributed by atoms with Gasteiger partial charge in [0.15, 0.2) is 5.78 Å². The maximum atomic E-state index is 12.3. The SMILES string of the molecule is CC/C=C\CC1C(=O)C=CC1(CCCCC1CCC(=O)O1)OC(C)=O. The molecule has 5 heteroatoms. The van der Waals surface area contributed by atoms with Gasteiger partial charge in [0.1, 0.15) is 11.7 Å². The lowest BCUT2D eigenvalue weighted by molar-refractivity contribution is -0.158. The van der Waals surface area contributed by atoms with Crippen molar-refractivity contribution < 1.29 is 23.9 Å². The average molecular weight is 348 g/mol. The molecule has 0 radical (unpaired) electrons. The Kier molecular flexibility index (Phi) is 6.97. The van der Waals surface area contributed by atoms with Gasteiger partial charge in [0.2, 0.25) is 0 Å². The third-order valence-electron chi connectivity index (χ3n) is 4.88. The van der Waals surface area contributed by atoms with E-state index in [2.05, 4.69) is 0 Å². The molecule has 0 N–H and O–H groups in total. The number of allylic oxidation sites excluding steroid dienone is 3. The third-order valence-corrected chi connectivity index (χ3v) is 4.88. The number of rotatable bonds is 9. The molecule has 0 aromatic heterocycles. The van der Waals surface area contributed by atoms with Crippen LogP contribution in [0.15, 0.2) is 24.3 Å². The van der Waals surface area contributed by atoms with E-state index in [0.717, 1.165) is 32.1 Å². The molecule has 5 nitrogen and oxygen atoms in total. The Hall–Kier alpha value is -1.91. The number of esters is 2. The number of hydrogen-bond donors (Lipinski definition) is 0. The van der Waals surface area contributed by atoms with E-state index in [9.17, 15) is 14.4 Å². The van der Waals surface area contributed by atoms with E-state index < -0.39 is 5.60 Å². The van der Waals surface area contributed by atoms with E-state index in [1.807, 2.05) is 19.1 Å². The van der Waals surface area contributed by atoms with Crippen molar-refractivity contribution in [1.82, 2.24) is 0 Å². The predicted octanol–water partition coefficient (Wildman–Crippen LogP) is 3.67. The summed E-state index contributed by atoms with van der Waals surface area (Å²) in [6, 6.07) is 0. The molecule has 1 fully saturated rings. The van der Waals surface area contributed by atoms with Crippen LogP contribution < -0.4 is 0 Å². The molecule has 3 unspecified atom stereocenters. The summed E-state index contributed by atoms with van der Waals surface area (Å²) in [5, 5.41) is 0. The van der Waals surface area contributed by atoms with E-state index in [0.29, 0.717) is 19.3 Å². The monoisotopic (exact) mass is 348 g/mol. The van der Waals surface area contributed by atoms with Gasteiger partial charge in [0, 0.05) is 13.3 Å². The zero-order valence-electron chi connectivity index (χ0n) is 15.2. The molecular formula is C20H28O5. The summed E-state index contributed by atoms with van der Waals surface area (Å²) in [7, 11) is 0. The van der Waals surface area contributed by atoms with Crippen LogP contribution in [0.4, 0.5) is 0 Å². The molecule has 2 aliphatic rings. The van der Waals surface area contributed by atoms with Crippen molar-refractivity contribution in [2.75, 3.05) is 0 Å². The summed E-state index contributed by atoms with van der Waals surface area (Å²) in [4.78, 5) is 35.0. The van der Waals surface area contributed by atoms with Crippen molar-refractivity contribution in [3.05, 3.63) is 24.3 Å². The number of carbonyl (C=O) groups excluding carboxylic acids is 3. The summed E-state index contributed by atoms with van der Waals surface area (Å²) in [5.41, 5.74) is -0.840. The van der Waals surface area contributed by atoms with Gasteiger partial charge in [-0.2, -0.15) is 0 Å². The van der Waals surface area contributed by atoms with Gasteiger partial charge >= 0.3 is 11.9 Å². The second-order valence-electron chi connectivity index (χ2n) is 6.85. The molecule has 0 bridgehead atoms. The van der Waals surface area contributed by atoms with E-state index in [1.54, 1.807) is 12.2 Å². The molecule has 0 amide bonds. The quantitative estimate of drug-likeness (QED) is 0.361. The highest BCUT2D eigenvalue weighted by Crippen LogP contribution is 2.38. The molecule has 1 saturated heterocycles. The molecule has 1 aliphatic heterocycles. The summed E-state index contributed by atoms with van der Waals surface area (Å²) < 4.78 is 10.9. The molecule has 25 heavy (non-hydrogen) atoms. The van der Waals surface area contributed by atoms with Crippen molar-refractivity contribution in [3.63, 3.8) is 0 Å². The summed E-state index contributed by atoms with van der Waals surface area (Å²) >= 11 is 0. The first-order valence-corrected chi connectivity index (χ1v) is 9.24. The highest BCUT2D eigenvalue weighted by Gasteiger charge is 2.46. The Labute approximate surface area is 149 Å². The molecule has 0 saturated carbocycles. The lowest BCUT2D eigenvalue weighted by Gasteiger charge is -2.33. The summed E-state index contributed by atoms with van der Waals surface area (Å²) in [6.45, 7) is 3.43. The van der Waals surface area contributed by atoms with Crippen LogP contribution in [0.2, 0.25) is 0 Å². The van der Waals surface area contributed by atoms with Gasteiger partial charge in [-0.05, 0) is 57.1 Å². The second kappa shape index (κ2) is 8.97. The molecule has 3 atom stereocenters. The number of cyclic esters (lactones) is 1. The maximum Gasteiger partial charge on any atom is 0.306 e. The Balaban J connectivity index is 1.94. The molecule has 0 spiro atoms. The van der Waals surface area contributed by atoms with Crippen LogP contribution >= 0.6 is 0 Å². The van der Waals surface area contributed by atoms with Crippen LogP contribution in [0, 0.1) is 5.92 Å². The van der Waals surface area contributed by atoms with Crippen LogP contribution in [0.3, 0.4) is 0 Å². The average Bonchev–Trinajstić information content (AvgIpc) is 3.10. The lowest BCUT2D eigenvalue weighted by atomic mass is 9.82. The first kappa shape index (κ1) is 19.4. The minimum Gasteiger partial charge on any atom is -0.462 e. The van der Waals surface area contributed by atoms with E-state index in [-0.39, 0.29) is 29.7 Å². The van der Waals surface area contributed by atoms with Gasteiger partial charge in [0.05, 0.1) is 5.92 Å². The molecule has 1 heterocycles. The first-order valence-electron chi connectivity index (χ1n) is 9.24. The van der Waals surface area contributed by atoms with Crippen molar-refractivity contribution in [2.45, 2.75) is 76.9 Å². The van der Waals surface area contributed by atoms with Gasteiger partial charge in [-0.3, -0.25) is 14.4 Å². The van der Waals surface area contributed by atoms with Crippen molar-refractivity contribution in [3.8, 4) is 0 Å². The van der Waals surface area contributed by atoms with Gasteiger partial charge in [0.25, 0.3) is 0 Å². The third kappa shape index (κ3) is 5.28. The lowest BCUT2D eigenvalue weighted by Crippen LogP contribution is -2.40. The maximum absolute atomic E-state index is 12.3.